The molecule has 0 atom stereocenters. The van der Waals surface area contributed by atoms with E-state index in [9.17, 15) is 4.79 Å². The lowest BCUT2D eigenvalue weighted by Gasteiger charge is -2.16. The zero-order valence-electron chi connectivity index (χ0n) is 14.4. The van der Waals surface area contributed by atoms with Crippen LogP contribution in [0, 0.1) is 0 Å². The summed E-state index contributed by atoms with van der Waals surface area (Å²) < 4.78 is 0. The van der Waals surface area contributed by atoms with Crippen LogP contribution in [0.1, 0.15) is 24.0 Å². The molecule has 5 heteroatoms. The van der Waals surface area contributed by atoms with Gasteiger partial charge in [-0.1, -0.05) is 35.9 Å². The van der Waals surface area contributed by atoms with Gasteiger partial charge in [0.15, 0.2) is 0 Å². The van der Waals surface area contributed by atoms with Crippen molar-refractivity contribution in [3.05, 3.63) is 70.9 Å². The summed E-state index contributed by atoms with van der Waals surface area (Å²) in [5.41, 5.74) is 4.29. The molecule has 4 nitrogen and oxygen atoms in total. The molecule has 0 unspecified atom stereocenters. The van der Waals surface area contributed by atoms with Gasteiger partial charge in [-0.05, 0) is 41.8 Å². The number of nitrogens with one attached hydrogen (secondary N) is 1. The van der Waals surface area contributed by atoms with Crippen LogP contribution in [-0.2, 0) is 17.9 Å². The third-order valence-corrected chi connectivity index (χ3v) is 4.99. The molecule has 26 heavy (non-hydrogen) atoms. The Balaban J connectivity index is 1.43. The average molecular weight is 366 g/mol. The first-order chi connectivity index (χ1) is 12.7. The molecular weight excluding hydrogens is 346 g/mol. The van der Waals surface area contributed by atoms with Crippen molar-refractivity contribution in [2.24, 2.45) is 0 Å². The fourth-order valence-corrected chi connectivity index (χ4v) is 3.49. The smallest absolute Gasteiger partial charge is 0.222 e. The highest BCUT2D eigenvalue weighted by Crippen LogP contribution is 2.25. The van der Waals surface area contributed by atoms with Crippen molar-refractivity contribution in [3.8, 4) is 0 Å². The van der Waals surface area contributed by atoms with E-state index in [0.29, 0.717) is 18.0 Å². The normalized spacial score (nSPS) is 14.2. The highest BCUT2D eigenvalue weighted by atomic mass is 35.5. The molecule has 1 N–H and O–H groups in total. The van der Waals surface area contributed by atoms with Crippen molar-refractivity contribution in [1.82, 2.24) is 9.88 Å². The SMILES string of the molecule is O=C1CCCN1Cc1ccc(CNc2ccnc3cc(Cl)ccc23)cc1. The number of pyridine rings is 1. The van der Waals surface area contributed by atoms with Crippen LogP contribution in [0.2, 0.25) is 5.02 Å². The Hall–Kier alpha value is -2.59. The zero-order valence-corrected chi connectivity index (χ0v) is 15.2. The Morgan fingerprint density at radius 2 is 1.88 bits per heavy atom. The maximum absolute atomic E-state index is 11.7. The predicted molar refractivity (Wildman–Crippen MR) is 105 cm³/mol. The van der Waals surface area contributed by atoms with Gasteiger partial charge in [-0.3, -0.25) is 9.78 Å². The van der Waals surface area contributed by atoms with Crippen molar-refractivity contribution < 1.29 is 4.79 Å². The summed E-state index contributed by atoms with van der Waals surface area (Å²) in [5, 5.41) is 5.22. The van der Waals surface area contributed by atoms with Gasteiger partial charge in [-0.15, -0.1) is 0 Å². The number of rotatable bonds is 5. The van der Waals surface area contributed by atoms with Gasteiger partial charge >= 0.3 is 0 Å². The summed E-state index contributed by atoms with van der Waals surface area (Å²) in [6.07, 6.45) is 3.45. The molecule has 1 fully saturated rings. The lowest BCUT2D eigenvalue weighted by molar-refractivity contribution is -0.128. The molecule has 2 heterocycles. The molecule has 0 spiro atoms. The van der Waals surface area contributed by atoms with Gasteiger partial charge in [0.2, 0.25) is 5.91 Å². The summed E-state index contributed by atoms with van der Waals surface area (Å²) in [6.45, 7) is 2.31. The maximum Gasteiger partial charge on any atom is 0.222 e. The number of carbonyl (C=O) groups excluding carboxylic acids is 1. The Bertz CT molecular complexity index is 940. The minimum Gasteiger partial charge on any atom is -0.380 e. The molecule has 0 aliphatic carbocycles. The Kier molecular flexibility index (Phi) is 4.76. The number of hydrogen-bond acceptors (Lipinski definition) is 3. The molecule has 3 aromatic rings. The molecule has 1 aromatic heterocycles. The molecule has 1 aliphatic heterocycles. The molecule has 2 aromatic carbocycles. The van der Waals surface area contributed by atoms with E-state index >= 15 is 0 Å². The third-order valence-electron chi connectivity index (χ3n) is 4.76. The predicted octanol–water partition coefficient (Wildman–Crippen LogP) is 4.62. The van der Waals surface area contributed by atoms with Crippen LogP contribution in [0.15, 0.2) is 54.7 Å². The Labute approximate surface area is 157 Å². The van der Waals surface area contributed by atoms with Crippen LogP contribution < -0.4 is 5.32 Å². The van der Waals surface area contributed by atoms with E-state index in [1.54, 1.807) is 6.20 Å². The molecule has 1 amide bonds. The molecule has 0 bridgehead atoms. The van der Waals surface area contributed by atoms with Crippen LogP contribution in [0.3, 0.4) is 0 Å². The second-order valence-electron chi connectivity index (χ2n) is 6.61. The lowest BCUT2D eigenvalue weighted by atomic mass is 10.1. The van der Waals surface area contributed by atoms with Crippen LogP contribution >= 0.6 is 11.6 Å². The number of amides is 1. The summed E-state index contributed by atoms with van der Waals surface area (Å²) in [5.74, 6) is 0.264. The fraction of sp³-hybridized carbons (Fsp3) is 0.238. The molecule has 4 rings (SSSR count). The average Bonchev–Trinajstić information content (AvgIpc) is 3.05. The minimum atomic E-state index is 0.264. The number of likely N-dealkylation sites (tertiary alicyclic amines) is 1. The number of benzene rings is 2. The van der Waals surface area contributed by atoms with Gasteiger partial charge in [0.05, 0.1) is 5.52 Å². The molecule has 1 aliphatic rings. The molecular formula is C21H20ClN3O. The van der Waals surface area contributed by atoms with Crippen LogP contribution in [-0.4, -0.2) is 22.3 Å². The van der Waals surface area contributed by atoms with Crippen LogP contribution in [0.5, 0.6) is 0 Å². The van der Waals surface area contributed by atoms with Gasteiger partial charge in [-0.2, -0.15) is 0 Å². The zero-order chi connectivity index (χ0) is 17.9. The van der Waals surface area contributed by atoms with Gasteiger partial charge in [0, 0.05) is 48.3 Å². The fourth-order valence-electron chi connectivity index (χ4n) is 3.33. The van der Waals surface area contributed by atoms with E-state index in [1.165, 1.54) is 11.1 Å². The van der Waals surface area contributed by atoms with Crippen LogP contribution in [0.25, 0.3) is 10.9 Å². The number of aromatic nitrogens is 1. The van der Waals surface area contributed by atoms with E-state index in [-0.39, 0.29) is 5.91 Å². The first-order valence-corrected chi connectivity index (χ1v) is 9.20. The number of anilines is 1. The number of carbonyl (C=O) groups is 1. The highest BCUT2D eigenvalue weighted by molar-refractivity contribution is 6.31. The standard InChI is InChI=1S/C21H20ClN3O/c22-17-7-8-18-19(9-10-23-20(18)12-17)24-13-15-3-5-16(6-4-15)14-25-11-1-2-21(25)26/h3-10,12H,1-2,11,13-14H2,(H,23,24). The second-order valence-corrected chi connectivity index (χ2v) is 7.05. The summed E-state index contributed by atoms with van der Waals surface area (Å²) in [4.78, 5) is 18.0. The Morgan fingerprint density at radius 3 is 2.65 bits per heavy atom. The number of nitrogens with zero attached hydrogens (tertiary/aromatic N) is 2. The van der Waals surface area contributed by atoms with Crippen molar-refractivity contribution in [3.63, 3.8) is 0 Å². The molecule has 0 radical (unpaired) electrons. The second kappa shape index (κ2) is 7.34. The Morgan fingerprint density at radius 1 is 1.08 bits per heavy atom. The van der Waals surface area contributed by atoms with Gasteiger partial charge < -0.3 is 10.2 Å². The van der Waals surface area contributed by atoms with Gasteiger partial charge in [-0.25, -0.2) is 0 Å². The number of hydrogen-bond donors (Lipinski definition) is 1. The first-order valence-electron chi connectivity index (χ1n) is 8.83. The molecule has 1 saturated heterocycles. The first kappa shape index (κ1) is 16.9. The van der Waals surface area contributed by atoms with E-state index in [1.807, 2.05) is 29.2 Å². The summed E-state index contributed by atoms with van der Waals surface area (Å²) >= 11 is 6.04. The number of fused-ring (bicyclic) bond motifs is 1. The van der Waals surface area contributed by atoms with E-state index < -0.39 is 0 Å². The highest BCUT2D eigenvalue weighted by Gasteiger charge is 2.19. The molecule has 132 valence electrons. The molecule has 0 saturated carbocycles. The van der Waals surface area contributed by atoms with Gasteiger partial charge in [0.1, 0.15) is 0 Å². The van der Waals surface area contributed by atoms with Crippen molar-refractivity contribution in [2.75, 3.05) is 11.9 Å². The monoisotopic (exact) mass is 365 g/mol. The van der Waals surface area contributed by atoms with E-state index in [4.69, 9.17) is 11.6 Å². The third kappa shape index (κ3) is 3.65. The number of halogens is 1. The van der Waals surface area contributed by atoms with Crippen molar-refractivity contribution in [1.29, 1.82) is 0 Å². The van der Waals surface area contributed by atoms with Crippen molar-refractivity contribution in [2.45, 2.75) is 25.9 Å². The van der Waals surface area contributed by atoms with Crippen LogP contribution in [0.4, 0.5) is 5.69 Å². The quantitative estimate of drug-likeness (QED) is 0.717. The summed E-state index contributed by atoms with van der Waals surface area (Å²) in [6, 6.07) is 16.2. The largest absolute Gasteiger partial charge is 0.380 e. The summed E-state index contributed by atoms with van der Waals surface area (Å²) in [7, 11) is 0. The maximum atomic E-state index is 11.7. The minimum absolute atomic E-state index is 0.264. The lowest BCUT2D eigenvalue weighted by Crippen LogP contribution is -2.23. The van der Waals surface area contributed by atoms with Crippen molar-refractivity contribution >= 4 is 34.1 Å². The van der Waals surface area contributed by atoms with E-state index in [2.05, 4.69) is 34.6 Å². The van der Waals surface area contributed by atoms with E-state index in [0.717, 1.165) is 36.1 Å². The van der Waals surface area contributed by atoms with Gasteiger partial charge in [0.25, 0.3) is 0 Å². The topological polar surface area (TPSA) is 45.2 Å².